The van der Waals surface area contributed by atoms with Crippen molar-refractivity contribution in [3.05, 3.63) is 35.4 Å². The molecule has 0 radical (unpaired) electrons. The molecule has 98 valence electrons. The fourth-order valence-electron chi connectivity index (χ4n) is 1.53. The first-order chi connectivity index (χ1) is 8.49. The van der Waals surface area contributed by atoms with Crippen LogP contribution in [-0.4, -0.2) is 11.9 Å². The minimum Gasteiger partial charge on any atom is -0.550 e. The van der Waals surface area contributed by atoms with Crippen molar-refractivity contribution in [2.45, 2.75) is 39.2 Å². The zero-order valence-corrected chi connectivity index (χ0v) is 10.7. The summed E-state index contributed by atoms with van der Waals surface area (Å²) < 4.78 is 0. The van der Waals surface area contributed by atoms with Gasteiger partial charge in [-0.2, -0.15) is 0 Å². The molecule has 0 aliphatic carbocycles. The molecule has 0 bridgehead atoms. The molecular weight excluding hydrogens is 230 g/mol. The number of amides is 1. The molecule has 0 aliphatic heterocycles. The lowest BCUT2D eigenvalue weighted by molar-refractivity contribution is -0.305. The summed E-state index contributed by atoms with van der Waals surface area (Å²) in [5, 5.41) is 12.9. The van der Waals surface area contributed by atoms with Crippen LogP contribution < -0.4 is 10.4 Å². The normalized spacial score (nSPS) is 10.4. The van der Waals surface area contributed by atoms with Gasteiger partial charge in [0.25, 0.3) is 0 Å². The molecule has 0 saturated heterocycles. The Hall–Kier alpha value is -1.84. The van der Waals surface area contributed by atoms with Gasteiger partial charge in [0.15, 0.2) is 0 Å². The molecule has 1 aromatic rings. The van der Waals surface area contributed by atoms with Crippen LogP contribution in [0.5, 0.6) is 0 Å². The SMILES string of the molecule is CC(C)c1ccc(CNC(=O)CCC(=O)[O-])cc1. The lowest BCUT2D eigenvalue weighted by Crippen LogP contribution is -2.27. The second-order valence-electron chi connectivity index (χ2n) is 4.55. The first-order valence-corrected chi connectivity index (χ1v) is 6.04. The van der Waals surface area contributed by atoms with Gasteiger partial charge in [-0.1, -0.05) is 38.1 Å². The number of carbonyl (C=O) groups excluding carboxylic acids is 2. The second kappa shape index (κ2) is 6.79. The predicted molar refractivity (Wildman–Crippen MR) is 66.6 cm³/mol. The highest BCUT2D eigenvalue weighted by Gasteiger charge is 2.02. The summed E-state index contributed by atoms with van der Waals surface area (Å²) in [7, 11) is 0. The Morgan fingerprint density at radius 1 is 1.17 bits per heavy atom. The van der Waals surface area contributed by atoms with Crippen LogP contribution in [0.3, 0.4) is 0 Å². The predicted octanol–water partition coefficient (Wildman–Crippen LogP) is 0.956. The summed E-state index contributed by atoms with van der Waals surface area (Å²) in [6.45, 7) is 4.66. The lowest BCUT2D eigenvalue weighted by Gasteiger charge is -2.08. The van der Waals surface area contributed by atoms with Crippen molar-refractivity contribution in [1.29, 1.82) is 0 Å². The molecule has 0 fully saturated rings. The zero-order chi connectivity index (χ0) is 13.5. The highest BCUT2D eigenvalue weighted by molar-refractivity contribution is 5.79. The third-order valence-corrected chi connectivity index (χ3v) is 2.69. The van der Waals surface area contributed by atoms with E-state index >= 15 is 0 Å². The van der Waals surface area contributed by atoms with Gasteiger partial charge in [-0.15, -0.1) is 0 Å². The minimum absolute atomic E-state index is 0.0353. The molecule has 1 amide bonds. The third-order valence-electron chi connectivity index (χ3n) is 2.69. The van der Waals surface area contributed by atoms with Gasteiger partial charge in [0.05, 0.1) is 0 Å². The average molecular weight is 248 g/mol. The maximum Gasteiger partial charge on any atom is 0.220 e. The molecule has 0 heterocycles. The topological polar surface area (TPSA) is 69.2 Å². The average Bonchev–Trinajstić information content (AvgIpc) is 2.34. The Morgan fingerprint density at radius 3 is 2.28 bits per heavy atom. The molecule has 1 aromatic carbocycles. The van der Waals surface area contributed by atoms with E-state index in [-0.39, 0.29) is 18.7 Å². The molecule has 18 heavy (non-hydrogen) atoms. The Morgan fingerprint density at radius 2 is 1.78 bits per heavy atom. The monoisotopic (exact) mass is 248 g/mol. The standard InChI is InChI=1S/C14H19NO3/c1-10(2)12-5-3-11(4-6-12)9-15-13(16)7-8-14(17)18/h3-6,10H,7-9H2,1-2H3,(H,15,16)(H,17,18)/p-1. The molecule has 1 N–H and O–H groups in total. The molecular formula is C14H18NO3-. The molecule has 4 nitrogen and oxygen atoms in total. The van der Waals surface area contributed by atoms with Crippen LogP contribution in [0.2, 0.25) is 0 Å². The Balaban J connectivity index is 2.39. The van der Waals surface area contributed by atoms with Crippen molar-refractivity contribution in [3.63, 3.8) is 0 Å². The van der Waals surface area contributed by atoms with Crippen LogP contribution in [0.15, 0.2) is 24.3 Å². The summed E-state index contributed by atoms with van der Waals surface area (Å²) in [5.41, 5.74) is 2.25. The van der Waals surface area contributed by atoms with E-state index in [0.717, 1.165) is 5.56 Å². The van der Waals surface area contributed by atoms with E-state index in [2.05, 4.69) is 19.2 Å². The maximum absolute atomic E-state index is 11.3. The number of carboxylic acids is 1. The van der Waals surface area contributed by atoms with E-state index in [4.69, 9.17) is 0 Å². The van der Waals surface area contributed by atoms with Crippen molar-refractivity contribution in [2.24, 2.45) is 0 Å². The van der Waals surface area contributed by atoms with Crippen LogP contribution in [-0.2, 0) is 16.1 Å². The molecule has 4 heteroatoms. The van der Waals surface area contributed by atoms with E-state index in [1.165, 1.54) is 5.56 Å². The van der Waals surface area contributed by atoms with Crippen molar-refractivity contribution >= 4 is 11.9 Å². The van der Waals surface area contributed by atoms with Gasteiger partial charge in [-0.05, 0) is 23.5 Å². The zero-order valence-electron chi connectivity index (χ0n) is 10.7. The van der Waals surface area contributed by atoms with Gasteiger partial charge >= 0.3 is 0 Å². The second-order valence-corrected chi connectivity index (χ2v) is 4.55. The van der Waals surface area contributed by atoms with E-state index in [1.54, 1.807) is 0 Å². The van der Waals surface area contributed by atoms with Gasteiger partial charge in [0.2, 0.25) is 5.91 Å². The minimum atomic E-state index is -1.20. The first-order valence-electron chi connectivity index (χ1n) is 6.04. The van der Waals surface area contributed by atoms with Crippen LogP contribution in [0.4, 0.5) is 0 Å². The summed E-state index contributed by atoms with van der Waals surface area (Å²) in [4.78, 5) is 21.5. The number of carboxylic acid groups (broad SMARTS) is 1. The molecule has 0 unspecified atom stereocenters. The van der Waals surface area contributed by atoms with Crippen molar-refractivity contribution < 1.29 is 14.7 Å². The van der Waals surface area contributed by atoms with E-state index in [1.807, 2.05) is 24.3 Å². The molecule has 0 spiro atoms. The van der Waals surface area contributed by atoms with E-state index < -0.39 is 5.97 Å². The van der Waals surface area contributed by atoms with Crippen LogP contribution in [0.25, 0.3) is 0 Å². The smallest absolute Gasteiger partial charge is 0.220 e. The Labute approximate surface area is 107 Å². The van der Waals surface area contributed by atoms with Gasteiger partial charge in [0, 0.05) is 18.9 Å². The van der Waals surface area contributed by atoms with Crippen LogP contribution in [0.1, 0.15) is 43.7 Å². The van der Waals surface area contributed by atoms with E-state index in [0.29, 0.717) is 12.5 Å². The summed E-state index contributed by atoms with van der Waals surface area (Å²) >= 11 is 0. The fraction of sp³-hybridized carbons (Fsp3) is 0.429. The molecule has 1 rings (SSSR count). The molecule has 0 atom stereocenters. The summed E-state index contributed by atoms with van der Waals surface area (Å²) in [6, 6.07) is 8.00. The number of hydrogen-bond acceptors (Lipinski definition) is 3. The number of rotatable bonds is 6. The molecule has 0 aromatic heterocycles. The van der Waals surface area contributed by atoms with Crippen molar-refractivity contribution in [2.75, 3.05) is 0 Å². The number of aliphatic carboxylic acids is 1. The lowest BCUT2D eigenvalue weighted by atomic mass is 10.0. The Kier molecular flexibility index (Phi) is 5.36. The van der Waals surface area contributed by atoms with Crippen LogP contribution in [0, 0.1) is 0 Å². The molecule has 0 aliphatic rings. The number of carbonyl (C=O) groups is 2. The highest BCUT2D eigenvalue weighted by Crippen LogP contribution is 2.14. The van der Waals surface area contributed by atoms with Crippen molar-refractivity contribution in [1.82, 2.24) is 5.32 Å². The van der Waals surface area contributed by atoms with Gasteiger partial charge in [0.1, 0.15) is 0 Å². The van der Waals surface area contributed by atoms with Crippen LogP contribution >= 0.6 is 0 Å². The first kappa shape index (κ1) is 14.2. The van der Waals surface area contributed by atoms with Gasteiger partial charge in [-0.25, -0.2) is 0 Å². The third kappa shape index (κ3) is 4.99. The Bertz CT molecular complexity index is 410. The summed E-state index contributed by atoms with van der Waals surface area (Å²) in [5.74, 6) is -0.990. The number of nitrogens with one attached hydrogen (secondary N) is 1. The van der Waals surface area contributed by atoms with Crippen molar-refractivity contribution in [3.8, 4) is 0 Å². The highest BCUT2D eigenvalue weighted by atomic mass is 16.4. The van der Waals surface area contributed by atoms with Gasteiger partial charge in [-0.3, -0.25) is 4.79 Å². The number of benzene rings is 1. The van der Waals surface area contributed by atoms with Gasteiger partial charge < -0.3 is 15.2 Å². The largest absolute Gasteiger partial charge is 0.550 e. The quantitative estimate of drug-likeness (QED) is 0.815. The summed E-state index contributed by atoms with van der Waals surface area (Å²) in [6.07, 6.45) is -0.273. The molecule has 0 saturated carbocycles. The fourth-order valence-corrected chi connectivity index (χ4v) is 1.53. The maximum atomic E-state index is 11.3. The number of hydrogen-bond donors (Lipinski definition) is 1. The van der Waals surface area contributed by atoms with E-state index in [9.17, 15) is 14.7 Å².